The molecule has 20 heavy (non-hydrogen) atoms. The van der Waals surface area contributed by atoms with Crippen molar-refractivity contribution in [2.24, 2.45) is 11.7 Å². The molecule has 2 rings (SSSR count). The maximum atomic E-state index is 12.1. The van der Waals surface area contributed by atoms with E-state index in [4.69, 9.17) is 5.73 Å². The molecule has 0 aromatic heterocycles. The fourth-order valence-corrected chi connectivity index (χ4v) is 5.99. The van der Waals surface area contributed by atoms with Gasteiger partial charge in [0.05, 0.1) is 5.25 Å². The lowest BCUT2D eigenvalue weighted by molar-refractivity contribution is 0.114. The molecule has 1 saturated carbocycles. The van der Waals surface area contributed by atoms with E-state index < -0.39 is 9.84 Å². The molecule has 2 fully saturated rings. The average Bonchev–Trinajstić information content (AvgIpc) is 2.95. The van der Waals surface area contributed by atoms with Crippen LogP contribution in [0.3, 0.4) is 0 Å². The summed E-state index contributed by atoms with van der Waals surface area (Å²) in [5, 5.41) is -0.302. The molecule has 1 heterocycles. The van der Waals surface area contributed by atoms with E-state index in [1.807, 2.05) is 0 Å². The van der Waals surface area contributed by atoms with Gasteiger partial charge in [0.15, 0.2) is 9.84 Å². The first-order valence-electron chi connectivity index (χ1n) is 7.58. The Kier molecular flexibility index (Phi) is 4.79. The van der Waals surface area contributed by atoms with Gasteiger partial charge in [-0.25, -0.2) is 8.42 Å². The van der Waals surface area contributed by atoms with Crippen LogP contribution < -0.4 is 5.73 Å². The van der Waals surface area contributed by atoms with Crippen LogP contribution in [0.25, 0.3) is 0 Å². The molecule has 3 atom stereocenters. The summed E-state index contributed by atoms with van der Waals surface area (Å²) in [6, 6.07) is 0. The first kappa shape index (κ1) is 16.2. The molecule has 0 aromatic carbocycles. The predicted octanol–water partition coefficient (Wildman–Crippen LogP) is 0.165. The van der Waals surface area contributed by atoms with Gasteiger partial charge in [-0.15, -0.1) is 0 Å². The number of sulfone groups is 1. The number of likely N-dealkylation sites (tertiary alicyclic amines) is 1. The third-order valence-electron chi connectivity index (χ3n) is 5.33. The standard InChI is InChI=1S/C14H29N3O2S/c1-16-8-6-12(9-16)10-17(2)14(11-15)7-4-5-13(14)20(3,18)19/h12-13H,4-11,15H2,1-3H3. The van der Waals surface area contributed by atoms with E-state index in [1.54, 1.807) is 0 Å². The first-order valence-corrected chi connectivity index (χ1v) is 9.54. The van der Waals surface area contributed by atoms with Crippen LogP contribution in [0.5, 0.6) is 0 Å². The van der Waals surface area contributed by atoms with E-state index >= 15 is 0 Å². The van der Waals surface area contributed by atoms with Gasteiger partial charge in [-0.3, -0.25) is 4.90 Å². The zero-order chi connectivity index (χ0) is 15.0. The molecular weight excluding hydrogens is 274 g/mol. The van der Waals surface area contributed by atoms with Crippen molar-refractivity contribution in [3.05, 3.63) is 0 Å². The van der Waals surface area contributed by atoms with Gasteiger partial charge in [0.1, 0.15) is 0 Å². The fourth-order valence-electron chi connectivity index (χ4n) is 4.21. The second-order valence-corrected chi connectivity index (χ2v) is 9.04. The van der Waals surface area contributed by atoms with E-state index in [0.29, 0.717) is 12.5 Å². The quantitative estimate of drug-likeness (QED) is 0.784. The molecule has 6 heteroatoms. The highest BCUT2D eigenvalue weighted by Crippen LogP contribution is 2.39. The van der Waals surface area contributed by atoms with Crippen LogP contribution >= 0.6 is 0 Å². The summed E-state index contributed by atoms with van der Waals surface area (Å²) in [5.74, 6) is 0.634. The molecule has 1 aliphatic carbocycles. The number of hydrogen-bond acceptors (Lipinski definition) is 5. The van der Waals surface area contributed by atoms with Crippen molar-refractivity contribution in [3.63, 3.8) is 0 Å². The summed E-state index contributed by atoms with van der Waals surface area (Å²) in [6.45, 7) is 3.63. The van der Waals surface area contributed by atoms with E-state index in [9.17, 15) is 8.42 Å². The number of rotatable bonds is 5. The summed E-state index contributed by atoms with van der Waals surface area (Å²) >= 11 is 0. The van der Waals surface area contributed by atoms with Gasteiger partial charge < -0.3 is 10.6 Å². The molecule has 118 valence electrons. The zero-order valence-corrected chi connectivity index (χ0v) is 13.8. The highest BCUT2D eigenvalue weighted by molar-refractivity contribution is 7.91. The van der Waals surface area contributed by atoms with Crippen molar-refractivity contribution in [1.82, 2.24) is 9.80 Å². The monoisotopic (exact) mass is 303 g/mol. The Morgan fingerprint density at radius 1 is 1.40 bits per heavy atom. The lowest BCUT2D eigenvalue weighted by Crippen LogP contribution is -2.60. The molecule has 0 aromatic rings. The molecular formula is C14H29N3O2S. The van der Waals surface area contributed by atoms with Crippen molar-refractivity contribution in [2.75, 3.05) is 46.5 Å². The van der Waals surface area contributed by atoms with Crippen LogP contribution in [0.15, 0.2) is 0 Å². The number of nitrogens with two attached hydrogens (primary N) is 1. The third kappa shape index (κ3) is 3.03. The minimum absolute atomic E-state index is 0.302. The number of hydrogen-bond donors (Lipinski definition) is 1. The third-order valence-corrected chi connectivity index (χ3v) is 7.03. The molecule has 0 spiro atoms. The number of likely N-dealkylation sites (N-methyl/N-ethyl adjacent to an activating group) is 1. The minimum atomic E-state index is -3.04. The van der Waals surface area contributed by atoms with Crippen LogP contribution in [0.2, 0.25) is 0 Å². The summed E-state index contributed by atoms with van der Waals surface area (Å²) in [5.41, 5.74) is 5.69. The minimum Gasteiger partial charge on any atom is -0.329 e. The Hall–Kier alpha value is -0.170. The highest BCUT2D eigenvalue weighted by atomic mass is 32.2. The molecule has 0 bridgehead atoms. The topological polar surface area (TPSA) is 66.6 Å². The number of nitrogens with zero attached hydrogens (tertiary/aromatic N) is 2. The average molecular weight is 303 g/mol. The molecule has 2 aliphatic rings. The summed E-state index contributed by atoms with van der Waals surface area (Å²) in [4.78, 5) is 4.60. The summed E-state index contributed by atoms with van der Waals surface area (Å²) in [6.07, 6.45) is 5.19. The van der Waals surface area contributed by atoms with Crippen LogP contribution in [0.1, 0.15) is 25.7 Å². The lowest BCUT2D eigenvalue weighted by Gasteiger charge is -2.43. The van der Waals surface area contributed by atoms with Crippen molar-refractivity contribution in [3.8, 4) is 0 Å². The Morgan fingerprint density at radius 3 is 2.60 bits per heavy atom. The molecule has 3 unspecified atom stereocenters. The molecule has 0 radical (unpaired) electrons. The maximum absolute atomic E-state index is 12.1. The van der Waals surface area contributed by atoms with Crippen LogP contribution in [-0.4, -0.2) is 75.5 Å². The molecule has 1 aliphatic heterocycles. The van der Waals surface area contributed by atoms with Gasteiger partial charge in [-0.2, -0.15) is 0 Å². The second-order valence-electron chi connectivity index (χ2n) is 6.82. The van der Waals surface area contributed by atoms with Crippen LogP contribution in [-0.2, 0) is 9.84 Å². The van der Waals surface area contributed by atoms with E-state index in [-0.39, 0.29) is 10.8 Å². The van der Waals surface area contributed by atoms with Crippen molar-refractivity contribution < 1.29 is 8.42 Å². The highest BCUT2D eigenvalue weighted by Gasteiger charge is 2.50. The van der Waals surface area contributed by atoms with Crippen molar-refractivity contribution >= 4 is 9.84 Å². The second kappa shape index (κ2) is 5.91. The smallest absolute Gasteiger partial charge is 0.152 e. The first-order chi connectivity index (χ1) is 9.29. The molecule has 2 N–H and O–H groups in total. The van der Waals surface area contributed by atoms with Crippen molar-refractivity contribution in [2.45, 2.75) is 36.5 Å². The van der Waals surface area contributed by atoms with E-state index in [2.05, 4.69) is 23.9 Å². The Bertz CT molecular complexity index is 440. The predicted molar refractivity (Wildman–Crippen MR) is 82.5 cm³/mol. The van der Waals surface area contributed by atoms with Gasteiger partial charge in [0.25, 0.3) is 0 Å². The summed E-state index contributed by atoms with van der Waals surface area (Å²) < 4.78 is 24.2. The lowest BCUT2D eigenvalue weighted by atomic mass is 9.93. The SMILES string of the molecule is CN1CCC(CN(C)C2(CN)CCCC2S(C)(=O)=O)C1. The van der Waals surface area contributed by atoms with Gasteiger partial charge >= 0.3 is 0 Å². The molecule has 1 saturated heterocycles. The molecule has 5 nitrogen and oxygen atoms in total. The van der Waals surface area contributed by atoms with Gasteiger partial charge in [-0.1, -0.05) is 6.42 Å². The van der Waals surface area contributed by atoms with Gasteiger partial charge in [0.2, 0.25) is 0 Å². The normalized spacial score (nSPS) is 36.0. The largest absolute Gasteiger partial charge is 0.329 e. The van der Waals surface area contributed by atoms with Gasteiger partial charge in [0, 0.05) is 31.4 Å². The van der Waals surface area contributed by atoms with Crippen LogP contribution in [0, 0.1) is 5.92 Å². The Balaban J connectivity index is 2.13. The Morgan fingerprint density at radius 2 is 2.10 bits per heavy atom. The molecule has 0 amide bonds. The van der Waals surface area contributed by atoms with Gasteiger partial charge in [-0.05, 0) is 45.8 Å². The fraction of sp³-hybridized carbons (Fsp3) is 1.00. The van der Waals surface area contributed by atoms with Crippen molar-refractivity contribution in [1.29, 1.82) is 0 Å². The van der Waals surface area contributed by atoms with E-state index in [0.717, 1.165) is 38.9 Å². The summed E-state index contributed by atoms with van der Waals surface area (Å²) in [7, 11) is 1.17. The van der Waals surface area contributed by atoms with Crippen LogP contribution in [0.4, 0.5) is 0 Å². The Labute approximate surface area is 123 Å². The van der Waals surface area contributed by atoms with E-state index in [1.165, 1.54) is 12.7 Å². The maximum Gasteiger partial charge on any atom is 0.152 e. The zero-order valence-electron chi connectivity index (χ0n) is 13.0.